The number of allylic oxidation sites excluding steroid dienone is 2. The maximum absolute atomic E-state index is 12.7. The Morgan fingerprint density at radius 2 is 2.12 bits per heavy atom. The van der Waals surface area contributed by atoms with E-state index in [4.69, 9.17) is 4.74 Å². The van der Waals surface area contributed by atoms with E-state index in [0.29, 0.717) is 0 Å². The first kappa shape index (κ1) is 17.7. The maximum Gasteiger partial charge on any atom is 0.197 e. The molecule has 2 aromatic rings. The second-order valence-electron chi connectivity index (χ2n) is 6.88. The van der Waals surface area contributed by atoms with Crippen molar-refractivity contribution in [3.63, 3.8) is 0 Å². The Hall–Kier alpha value is -2.07. The highest BCUT2D eigenvalue weighted by Crippen LogP contribution is 2.49. The average Bonchev–Trinajstić information content (AvgIpc) is 3.20. The predicted octanol–water partition coefficient (Wildman–Crippen LogP) is 5.42. The van der Waals surface area contributed by atoms with E-state index in [-0.39, 0.29) is 11.2 Å². The third kappa shape index (κ3) is 3.23. The highest BCUT2D eigenvalue weighted by Gasteiger charge is 2.40. The highest BCUT2D eigenvalue weighted by molar-refractivity contribution is 7.12. The lowest BCUT2D eigenvalue weighted by atomic mass is 9.83. The molecule has 0 atom stereocenters. The Bertz CT molecular complexity index is 790. The number of hydrogen-bond acceptors (Lipinski definition) is 4. The van der Waals surface area contributed by atoms with Crippen molar-refractivity contribution in [1.82, 2.24) is 0 Å². The first-order chi connectivity index (χ1) is 12.0. The Balaban J connectivity index is 2.07. The van der Waals surface area contributed by atoms with E-state index in [2.05, 4.69) is 37.8 Å². The fourth-order valence-corrected chi connectivity index (χ4v) is 4.06. The van der Waals surface area contributed by atoms with E-state index < -0.39 is 0 Å². The van der Waals surface area contributed by atoms with E-state index in [9.17, 15) is 4.79 Å². The van der Waals surface area contributed by atoms with Crippen molar-refractivity contribution in [3.8, 4) is 5.75 Å². The number of carbonyl (C=O) groups is 1. The molecule has 0 fully saturated rings. The summed E-state index contributed by atoms with van der Waals surface area (Å²) >= 11 is 1.49. The van der Waals surface area contributed by atoms with Gasteiger partial charge < -0.3 is 9.64 Å². The summed E-state index contributed by atoms with van der Waals surface area (Å²) in [5.74, 6) is 0.932. The van der Waals surface area contributed by atoms with Crippen LogP contribution < -0.4 is 9.64 Å². The van der Waals surface area contributed by atoms with Crippen molar-refractivity contribution < 1.29 is 9.53 Å². The van der Waals surface area contributed by atoms with Gasteiger partial charge in [0.2, 0.25) is 0 Å². The highest BCUT2D eigenvalue weighted by atomic mass is 32.1. The fourth-order valence-electron chi connectivity index (χ4n) is 3.42. The van der Waals surface area contributed by atoms with Gasteiger partial charge in [-0.05, 0) is 29.5 Å². The van der Waals surface area contributed by atoms with Crippen LogP contribution in [0.2, 0.25) is 0 Å². The monoisotopic (exact) mass is 355 g/mol. The average molecular weight is 356 g/mol. The van der Waals surface area contributed by atoms with Gasteiger partial charge in [-0.3, -0.25) is 4.79 Å². The number of carbonyl (C=O) groups excluding carboxylic acids is 1. The Labute approximate surface area is 153 Å². The molecule has 25 heavy (non-hydrogen) atoms. The number of benzene rings is 1. The van der Waals surface area contributed by atoms with Crippen LogP contribution in [0.1, 0.15) is 48.8 Å². The molecule has 1 aromatic heterocycles. The largest absolute Gasteiger partial charge is 0.497 e. The van der Waals surface area contributed by atoms with Crippen molar-refractivity contribution in [2.45, 2.75) is 39.0 Å². The Morgan fingerprint density at radius 1 is 1.32 bits per heavy atom. The molecular formula is C21H25NO2S. The maximum atomic E-state index is 12.7. The zero-order valence-electron chi connectivity index (χ0n) is 15.3. The zero-order chi connectivity index (χ0) is 18.0. The van der Waals surface area contributed by atoms with Crippen molar-refractivity contribution in [2.24, 2.45) is 0 Å². The van der Waals surface area contributed by atoms with Gasteiger partial charge in [0.1, 0.15) is 5.75 Å². The summed E-state index contributed by atoms with van der Waals surface area (Å²) in [4.78, 5) is 15.8. The molecule has 0 spiro atoms. The van der Waals surface area contributed by atoms with Crippen LogP contribution in [0.3, 0.4) is 0 Å². The molecule has 0 unspecified atom stereocenters. The Kier molecular flexibility index (Phi) is 5.00. The van der Waals surface area contributed by atoms with Crippen molar-refractivity contribution in [3.05, 3.63) is 57.9 Å². The summed E-state index contributed by atoms with van der Waals surface area (Å²) in [6.07, 6.45) is 4.02. The lowest BCUT2D eigenvalue weighted by Gasteiger charge is -2.27. The van der Waals surface area contributed by atoms with Crippen LogP contribution >= 0.6 is 11.3 Å². The van der Waals surface area contributed by atoms with Gasteiger partial charge in [0, 0.05) is 35.5 Å². The van der Waals surface area contributed by atoms with Crippen molar-refractivity contribution >= 4 is 22.8 Å². The molecule has 2 heterocycles. The van der Waals surface area contributed by atoms with Gasteiger partial charge in [-0.1, -0.05) is 39.3 Å². The van der Waals surface area contributed by atoms with Crippen LogP contribution in [-0.4, -0.2) is 19.4 Å². The third-order valence-electron chi connectivity index (χ3n) is 4.87. The minimum absolute atomic E-state index is 0.0827. The number of rotatable bonds is 6. The van der Waals surface area contributed by atoms with Gasteiger partial charge in [0.05, 0.1) is 12.0 Å². The number of fused-ring (bicyclic) bond motifs is 1. The van der Waals surface area contributed by atoms with Gasteiger partial charge in [-0.25, -0.2) is 0 Å². The third-order valence-corrected chi connectivity index (χ3v) is 5.75. The number of ketones is 1. The number of hydrogen-bond donors (Lipinski definition) is 0. The fraction of sp³-hybridized carbons (Fsp3) is 0.381. The van der Waals surface area contributed by atoms with Crippen molar-refractivity contribution in [2.75, 3.05) is 18.6 Å². The predicted molar refractivity (Wildman–Crippen MR) is 105 cm³/mol. The lowest BCUT2D eigenvalue weighted by molar-refractivity contribution is 0.104. The molecule has 1 aliphatic rings. The first-order valence-electron chi connectivity index (χ1n) is 8.75. The van der Waals surface area contributed by atoms with Crippen LogP contribution in [-0.2, 0) is 5.41 Å². The summed E-state index contributed by atoms with van der Waals surface area (Å²) in [5, 5.41) is 1.94. The standard InChI is InChI=1S/C21H25NO2S/c1-5-6-11-22-17-13-15(24-4)9-10-16(17)21(2,3)20(22)14-18(23)19-8-7-12-25-19/h7-10,12-14H,5-6,11H2,1-4H3/b20-14+. The number of anilines is 1. The molecule has 0 bridgehead atoms. The summed E-state index contributed by atoms with van der Waals surface area (Å²) in [6, 6.07) is 10.0. The summed E-state index contributed by atoms with van der Waals surface area (Å²) in [5.41, 5.74) is 3.27. The van der Waals surface area contributed by atoms with E-state index in [0.717, 1.165) is 41.4 Å². The van der Waals surface area contributed by atoms with Gasteiger partial charge in [0.25, 0.3) is 0 Å². The lowest BCUT2D eigenvalue weighted by Crippen LogP contribution is -2.28. The van der Waals surface area contributed by atoms with Gasteiger partial charge in [-0.2, -0.15) is 0 Å². The van der Waals surface area contributed by atoms with Crippen LogP contribution in [0.15, 0.2) is 47.5 Å². The van der Waals surface area contributed by atoms with Crippen LogP contribution in [0.4, 0.5) is 5.69 Å². The van der Waals surface area contributed by atoms with Gasteiger partial charge in [0.15, 0.2) is 5.78 Å². The molecule has 0 N–H and O–H groups in total. The van der Waals surface area contributed by atoms with Crippen molar-refractivity contribution in [1.29, 1.82) is 0 Å². The van der Waals surface area contributed by atoms with Crippen LogP contribution in [0.25, 0.3) is 0 Å². The molecule has 1 aliphatic heterocycles. The SMILES string of the molecule is CCCCN1/C(=C/C(=O)c2cccs2)C(C)(C)c2ccc(OC)cc21. The number of unbranched alkanes of at least 4 members (excludes halogenated alkanes) is 1. The van der Waals surface area contributed by atoms with E-state index in [1.54, 1.807) is 7.11 Å². The number of nitrogens with zero attached hydrogens (tertiary/aromatic N) is 1. The van der Waals surface area contributed by atoms with Gasteiger partial charge in [-0.15, -0.1) is 11.3 Å². The molecular weight excluding hydrogens is 330 g/mol. The van der Waals surface area contributed by atoms with E-state index >= 15 is 0 Å². The summed E-state index contributed by atoms with van der Waals surface area (Å²) in [7, 11) is 1.69. The van der Waals surface area contributed by atoms with Crippen LogP contribution in [0, 0.1) is 0 Å². The Morgan fingerprint density at radius 3 is 2.76 bits per heavy atom. The minimum atomic E-state index is -0.206. The smallest absolute Gasteiger partial charge is 0.197 e. The second-order valence-corrected chi connectivity index (χ2v) is 7.83. The molecule has 3 nitrogen and oxygen atoms in total. The van der Waals surface area contributed by atoms with Crippen LogP contribution in [0.5, 0.6) is 5.75 Å². The number of ether oxygens (including phenoxy) is 1. The molecule has 0 amide bonds. The molecule has 4 heteroatoms. The molecule has 0 saturated heterocycles. The topological polar surface area (TPSA) is 29.5 Å². The molecule has 0 aliphatic carbocycles. The molecule has 3 rings (SSSR count). The minimum Gasteiger partial charge on any atom is -0.497 e. The molecule has 132 valence electrons. The second kappa shape index (κ2) is 7.04. The van der Waals surface area contributed by atoms with E-state index in [1.807, 2.05) is 29.7 Å². The molecule has 1 aromatic carbocycles. The normalized spacial score (nSPS) is 17.0. The summed E-state index contributed by atoms with van der Waals surface area (Å²) < 4.78 is 5.42. The van der Waals surface area contributed by atoms with Gasteiger partial charge >= 0.3 is 0 Å². The number of methoxy groups -OCH3 is 1. The quantitative estimate of drug-likeness (QED) is 0.512. The summed E-state index contributed by atoms with van der Waals surface area (Å²) in [6.45, 7) is 7.48. The molecule has 0 radical (unpaired) electrons. The van der Waals surface area contributed by atoms with E-state index in [1.165, 1.54) is 16.9 Å². The number of thiophene rings is 1. The molecule has 0 saturated carbocycles. The zero-order valence-corrected chi connectivity index (χ0v) is 16.2. The first-order valence-corrected chi connectivity index (χ1v) is 9.63.